The van der Waals surface area contributed by atoms with E-state index in [1.807, 2.05) is 6.92 Å². The van der Waals surface area contributed by atoms with Crippen LogP contribution in [0.2, 0.25) is 0 Å². The van der Waals surface area contributed by atoms with Crippen LogP contribution in [0.15, 0.2) is 0 Å². The van der Waals surface area contributed by atoms with Gasteiger partial charge in [-0.15, -0.1) is 0 Å². The van der Waals surface area contributed by atoms with Gasteiger partial charge in [0.05, 0.1) is 0 Å². The third kappa shape index (κ3) is 6.89. The van der Waals surface area contributed by atoms with Crippen LogP contribution in [0.3, 0.4) is 0 Å². The van der Waals surface area contributed by atoms with E-state index in [-0.39, 0.29) is 11.9 Å². The number of amides is 1. The van der Waals surface area contributed by atoms with Gasteiger partial charge in [-0.3, -0.25) is 4.79 Å². The van der Waals surface area contributed by atoms with E-state index < -0.39 is 0 Å². The van der Waals surface area contributed by atoms with Crippen molar-refractivity contribution in [1.29, 1.82) is 0 Å². The number of hydrogen-bond acceptors (Lipinski definition) is 2. The fourth-order valence-corrected chi connectivity index (χ4v) is 0.958. The van der Waals surface area contributed by atoms with Crippen molar-refractivity contribution in [2.45, 2.75) is 46.6 Å². The quantitative estimate of drug-likeness (QED) is 0.683. The van der Waals surface area contributed by atoms with Crippen LogP contribution in [-0.2, 0) is 4.79 Å². The summed E-state index contributed by atoms with van der Waals surface area (Å²) in [4.78, 5) is 11.3. The van der Waals surface area contributed by atoms with Gasteiger partial charge in [0.25, 0.3) is 0 Å². The molecule has 0 aromatic carbocycles. The molecule has 2 atom stereocenters. The molecule has 0 aromatic rings. The number of nitrogens with one attached hydrogen (secondary N) is 1. The average molecular weight is 200 g/mol. The van der Waals surface area contributed by atoms with E-state index in [1.54, 1.807) is 0 Å². The van der Waals surface area contributed by atoms with Crippen molar-refractivity contribution in [2.75, 3.05) is 6.54 Å². The monoisotopic (exact) mass is 200 g/mol. The highest BCUT2D eigenvalue weighted by Crippen LogP contribution is 2.07. The van der Waals surface area contributed by atoms with Crippen LogP contribution in [0.4, 0.5) is 0 Å². The Kier molecular flexibility index (Phi) is 6.54. The van der Waals surface area contributed by atoms with Crippen molar-refractivity contribution < 1.29 is 4.79 Å². The minimum absolute atomic E-state index is 0.114. The summed E-state index contributed by atoms with van der Waals surface area (Å²) in [7, 11) is 0. The SMILES string of the molecule is CC(N)CCC(=O)NCC(C)C(C)C. The van der Waals surface area contributed by atoms with Gasteiger partial charge in [0, 0.05) is 19.0 Å². The van der Waals surface area contributed by atoms with E-state index in [0.717, 1.165) is 13.0 Å². The Morgan fingerprint density at radius 3 is 2.29 bits per heavy atom. The molecule has 3 heteroatoms. The van der Waals surface area contributed by atoms with Gasteiger partial charge in [-0.2, -0.15) is 0 Å². The molecule has 3 nitrogen and oxygen atoms in total. The van der Waals surface area contributed by atoms with Crippen LogP contribution < -0.4 is 11.1 Å². The van der Waals surface area contributed by atoms with Crippen LogP contribution in [0.1, 0.15) is 40.5 Å². The Morgan fingerprint density at radius 2 is 1.86 bits per heavy atom. The first kappa shape index (κ1) is 13.4. The maximum absolute atomic E-state index is 11.3. The van der Waals surface area contributed by atoms with Crippen molar-refractivity contribution in [2.24, 2.45) is 17.6 Å². The molecule has 0 aliphatic heterocycles. The highest BCUT2D eigenvalue weighted by Gasteiger charge is 2.09. The molecule has 0 aliphatic rings. The third-order valence-corrected chi connectivity index (χ3v) is 2.59. The summed E-state index contributed by atoms with van der Waals surface area (Å²) < 4.78 is 0. The second-order valence-electron chi connectivity index (χ2n) is 4.54. The van der Waals surface area contributed by atoms with E-state index in [1.165, 1.54) is 0 Å². The number of nitrogens with two attached hydrogens (primary N) is 1. The Hall–Kier alpha value is -0.570. The Bertz CT molecular complexity index is 167. The summed E-state index contributed by atoms with van der Waals surface area (Å²) in [6, 6.07) is 0.114. The molecule has 0 radical (unpaired) electrons. The molecule has 0 saturated carbocycles. The summed E-state index contributed by atoms with van der Waals surface area (Å²) in [5.74, 6) is 1.27. The molecule has 2 unspecified atom stereocenters. The zero-order valence-corrected chi connectivity index (χ0v) is 9.84. The Morgan fingerprint density at radius 1 is 1.29 bits per heavy atom. The van der Waals surface area contributed by atoms with Gasteiger partial charge < -0.3 is 11.1 Å². The number of rotatable bonds is 6. The number of hydrogen-bond donors (Lipinski definition) is 2. The van der Waals surface area contributed by atoms with Crippen LogP contribution in [-0.4, -0.2) is 18.5 Å². The van der Waals surface area contributed by atoms with Crippen molar-refractivity contribution >= 4 is 5.91 Å². The van der Waals surface area contributed by atoms with Crippen LogP contribution in [0.5, 0.6) is 0 Å². The van der Waals surface area contributed by atoms with Gasteiger partial charge in [0.15, 0.2) is 0 Å². The minimum atomic E-state index is 0.114. The topological polar surface area (TPSA) is 55.1 Å². The van der Waals surface area contributed by atoms with Gasteiger partial charge in [-0.05, 0) is 25.2 Å². The van der Waals surface area contributed by atoms with E-state index in [0.29, 0.717) is 18.3 Å². The van der Waals surface area contributed by atoms with Gasteiger partial charge in [0.1, 0.15) is 0 Å². The molecule has 14 heavy (non-hydrogen) atoms. The second-order valence-corrected chi connectivity index (χ2v) is 4.54. The zero-order valence-electron chi connectivity index (χ0n) is 9.84. The van der Waals surface area contributed by atoms with Crippen LogP contribution in [0.25, 0.3) is 0 Å². The second kappa shape index (κ2) is 6.82. The lowest BCUT2D eigenvalue weighted by Crippen LogP contribution is -2.31. The summed E-state index contributed by atoms with van der Waals surface area (Å²) in [5, 5.41) is 2.92. The number of carbonyl (C=O) groups excluding carboxylic acids is 1. The largest absolute Gasteiger partial charge is 0.356 e. The summed E-state index contributed by atoms with van der Waals surface area (Å²) in [6.45, 7) is 9.17. The van der Waals surface area contributed by atoms with Crippen molar-refractivity contribution in [3.8, 4) is 0 Å². The molecule has 84 valence electrons. The maximum atomic E-state index is 11.3. The third-order valence-electron chi connectivity index (χ3n) is 2.59. The summed E-state index contributed by atoms with van der Waals surface area (Å²) >= 11 is 0. The molecule has 3 N–H and O–H groups in total. The van der Waals surface area contributed by atoms with E-state index in [9.17, 15) is 4.79 Å². The highest BCUT2D eigenvalue weighted by atomic mass is 16.1. The molecular weight excluding hydrogens is 176 g/mol. The number of carbonyl (C=O) groups is 1. The molecule has 0 saturated heterocycles. The molecule has 0 fully saturated rings. The van der Waals surface area contributed by atoms with E-state index in [2.05, 4.69) is 26.1 Å². The predicted molar refractivity (Wildman–Crippen MR) is 59.9 cm³/mol. The fourth-order valence-electron chi connectivity index (χ4n) is 0.958. The molecule has 0 heterocycles. The lowest BCUT2D eigenvalue weighted by Gasteiger charge is -2.16. The van der Waals surface area contributed by atoms with E-state index >= 15 is 0 Å². The van der Waals surface area contributed by atoms with Gasteiger partial charge in [-0.25, -0.2) is 0 Å². The Balaban J connectivity index is 3.54. The summed E-state index contributed by atoms with van der Waals surface area (Å²) in [6.07, 6.45) is 1.31. The Labute approximate surface area is 87.4 Å². The lowest BCUT2D eigenvalue weighted by molar-refractivity contribution is -0.121. The molecule has 0 aromatic heterocycles. The van der Waals surface area contributed by atoms with E-state index in [4.69, 9.17) is 5.73 Å². The van der Waals surface area contributed by atoms with Crippen LogP contribution in [0, 0.1) is 11.8 Å². The maximum Gasteiger partial charge on any atom is 0.220 e. The van der Waals surface area contributed by atoms with Gasteiger partial charge in [0.2, 0.25) is 5.91 Å². The zero-order chi connectivity index (χ0) is 11.1. The normalized spacial score (nSPS) is 15.3. The molecule has 0 spiro atoms. The first-order chi connectivity index (χ1) is 6.43. The molecule has 0 bridgehead atoms. The minimum Gasteiger partial charge on any atom is -0.356 e. The van der Waals surface area contributed by atoms with Crippen molar-refractivity contribution in [1.82, 2.24) is 5.32 Å². The first-order valence-electron chi connectivity index (χ1n) is 5.45. The van der Waals surface area contributed by atoms with Crippen LogP contribution >= 0.6 is 0 Å². The fraction of sp³-hybridized carbons (Fsp3) is 0.909. The van der Waals surface area contributed by atoms with Crippen molar-refractivity contribution in [3.63, 3.8) is 0 Å². The smallest absolute Gasteiger partial charge is 0.220 e. The molecular formula is C11H24N2O. The molecule has 0 rings (SSSR count). The predicted octanol–water partition coefficient (Wildman–Crippen LogP) is 1.52. The molecule has 0 aliphatic carbocycles. The standard InChI is InChI=1S/C11H24N2O/c1-8(2)9(3)7-13-11(14)6-5-10(4)12/h8-10H,5-7,12H2,1-4H3,(H,13,14). The molecule has 1 amide bonds. The van der Waals surface area contributed by atoms with Crippen molar-refractivity contribution in [3.05, 3.63) is 0 Å². The summed E-state index contributed by atoms with van der Waals surface area (Å²) in [5.41, 5.74) is 5.56. The van der Waals surface area contributed by atoms with Gasteiger partial charge in [-0.1, -0.05) is 20.8 Å². The highest BCUT2D eigenvalue weighted by molar-refractivity contribution is 5.75. The van der Waals surface area contributed by atoms with Gasteiger partial charge >= 0.3 is 0 Å². The first-order valence-corrected chi connectivity index (χ1v) is 5.45. The lowest BCUT2D eigenvalue weighted by atomic mass is 9.98. The average Bonchev–Trinajstić information content (AvgIpc) is 2.10.